The van der Waals surface area contributed by atoms with Gasteiger partial charge in [-0.15, -0.1) is 10.2 Å². The Morgan fingerprint density at radius 2 is 2.08 bits per heavy atom. The summed E-state index contributed by atoms with van der Waals surface area (Å²) in [6.07, 6.45) is 0. The van der Waals surface area contributed by atoms with Crippen molar-refractivity contribution >= 4 is 39.6 Å². The Balaban J connectivity index is 1.84. The number of azo groups is 1. The topological polar surface area (TPSA) is 82.0 Å². The lowest BCUT2D eigenvalue weighted by Gasteiger charge is -2.08. The number of thiocarbonyl (C=S) groups is 1. The Hall–Kier alpha value is -3.00. The predicted octanol–water partition coefficient (Wildman–Crippen LogP) is 4.50. The van der Waals surface area contributed by atoms with Gasteiger partial charge in [0.1, 0.15) is 11.6 Å². The van der Waals surface area contributed by atoms with Gasteiger partial charge in [0.2, 0.25) is 11.0 Å². The van der Waals surface area contributed by atoms with Gasteiger partial charge in [0, 0.05) is 5.39 Å². The largest absolute Gasteiger partial charge is 0.495 e. The SMILES string of the molecule is COc1ccccc1NC(=S)N=Nc1c(O)[nH]c2ccc(F)cc12. The van der Waals surface area contributed by atoms with Crippen molar-refractivity contribution in [2.45, 2.75) is 0 Å². The van der Waals surface area contributed by atoms with E-state index in [0.29, 0.717) is 22.3 Å². The van der Waals surface area contributed by atoms with Crippen molar-refractivity contribution in [2.24, 2.45) is 10.2 Å². The normalized spacial score (nSPS) is 11.1. The van der Waals surface area contributed by atoms with Crippen LogP contribution < -0.4 is 10.1 Å². The molecule has 0 aliphatic rings. The molecule has 0 radical (unpaired) electrons. The molecule has 8 heteroatoms. The number of anilines is 1. The highest BCUT2D eigenvalue weighted by Crippen LogP contribution is 2.35. The van der Waals surface area contributed by atoms with Crippen LogP contribution in [-0.4, -0.2) is 22.3 Å². The molecule has 0 atom stereocenters. The molecule has 1 aromatic heterocycles. The number of aromatic amines is 1. The summed E-state index contributed by atoms with van der Waals surface area (Å²) in [7, 11) is 1.55. The van der Waals surface area contributed by atoms with E-state index in [-0.39, 0.29) is 16.7 Å². The first kappa shape index (κ1) is 15.9. The van der Waals surface area contributed by atoms with E-state index in [0.717, 1.165) is 0 Å². The summed E-state index contributed by atoms with van der Waals surface area (Å²) < 4.78 is 18.6. The first-order valence-corrected chi connectivity index (χ1v) is 7.35. The number of fused-ring (bicyclic) bond motifs is 1. The van der Waals surface area contributed by atoms with Gasteiger partial charge in [-0.05, 0) is 42.5 Å². The maximum atomic E-state index is 13.4. The maximum Gasteiger partial charge on any atom is 0.218 e. The van der Waals surface area contributed by atoms with E-state index in [9.17, 15) is 9.50 Å². The van der Waals surface area contributed by atoms with Crippen molar-refractivity contribution in [3.8, 4) is 11.6 Å². The Bertz CT molecular complexity index is 939. The summed E-state index contributed by atoms with van der Waals surface area (Å²) >= 11 is 5.12. The molecular formula is C16H13FN4O2S. The number of methoxy groups -OCH3 is 1. The highest BCUT2D eigenvalue weighted by Gasteiger charge is 2.11. The summed E-state index contributed by atoms with van der Waals surface area (Å²) in [5.74, 6) is -0.0424. The van der Waals surface area contributed by atoms with Gasteiger partial charge in [0.25, 0.3) is 0 Å². The second-order valence-corrected chi connectivity index (χ2v) is 5.23. The number of aromatic nitrogens is 1. The second-order valence-electron chi connectivity index (χ2n) is 4.84. The van der Waals surface area contributed by atoms with Gasteiger partial charge in [-0.1, -0.05) is 12.1 Å². The number of H-pyrrole nitrogens is 1. The van der Waals surface area contributed by atoms with E-state index < -0.39 is 5.82 Å². The number of ether oxygens (including phenoxy) is 1. The number of hydrogen-bond acceptors (Lipinski definition) is 4. The average molecular weight is 344 g/mol. The van der Waals surface area contributed by atoms with Crippen molar-refractivity contribution in [3.63, 3.8) is 0 Å². The van der Waals surface area contributed by atoms with Gasteiger partial charge in [-0.2, -0.15) is 0 Å². The van der Waals surface area contributed by atoms with Crippen LogP contribution in [0.25, 0.3) is 10.9 Å². The zero-order valence-corrected chi connectivity index (χ0v) is 13.4. The van der Waals surface area contributed by atoms with Crippen molar-refractivity contribution in [2.75, 3.05) is 12.4 Å². The number of rotatable bonds is 3. The third-order valence-corrected chi connectivity index (χ3v) is 3.49. The van der Waals surface area contributed by atoms with Crippen LogP contribution in [0.15, 0.2) is 52.7 Å². The molecule has 0 saturated carbocycles. The first-order valence-electron chi connectivity index (χ1n) is 6.94. The monoisotopic (exact) mass is 344 g/mol. The lowest BCUT2D eigenvalue weighted by atomic mass is 10.2. The quantitative estimate of drug-likeness (QED) is 0.482. The molecule has 0 bridgehead atoms. The van der Waals surface area contributed by atoms with Gasteiger partial charge in [0.05, 0.1) is 18.3 Å². The van der Waals surface area contributed by atoms with Crippen molar-refractivity contribution in [1.82, 2.24) is 4.98 Å². The molecule has 0 unspecified atom stereocenters. The molecule has 0 saturated heterocycles. The van der Waals surface area contributed by atoms with E-state index in [1.165, 1.54) is 18.2 Å². The smallest absolute Gasteiger partial charge is 0.218 e. The summed E-state index contributed by atoms with van der Waals surface area (Å²) in [6, 6.07) is 11.3. The first-order chi connectivity index (χ1) is 11.6. The molecule has 3 aromatic rings. The standard InChI is InChI=1S/C16H13FN4O2S/c1-23-13-5-3-2-4-12(13)19-16(24)21-20-14-10-8-9(17)6-7-11(10)18-15(14)22/h2-8,18,22H,1H3,(H,19,24). The van der Waals surface area contributed by atoms with Crippen LogP contribution in [0.1, 0.15) is 0 Å². The zero-order valence-electron chi connectivity index (χ0n) is 12.6. The lowest BCUT2D eigenvalue weighted by molar-refractivity contribution is 0.417. The van der Waals surface area contributed by atoms with Gasteiger partial charge < -0.3 is 20.1 Å². The minimum atomic E-state index is -0.437. The van der Waals surface area contributed by atoms with Crippen LogP contribution in [0.5, 0.6) is 11.6 Å². The fraction of sp³-hybridized carbons (Fsp3) is 0.0625. The van der Waals surface area contributed by atoms with Crippen LogP contribution in [0.2, 0.25) is 0 Å². The molecule has 24 heavy (non-hydrogen) atoms. The molecule has 1 heterocycles. The number of hydrogen-bond donors (Lipinski definition) is 3. The van der Waals surface area contributed by atoms with E-state index >= 15 is 0 Å². The summed E-state index contributed by atoms with van der Waals surface area (Å²) in [5, 5.41) is 21.0. The highest BCUT2D eigenvalue weighted by molar-refractivity contribution is 7.80. The van der Waals surface area contributed by atoms with Gasteiger partial charge in [-0.25, -0.2) is 4.39 Å². The molecule has 6 nitrogen and oxygen atoms in total. The lowest BCUT2D eigenvalue weighted by Crippen LogP contribution is -2.06. The molecule has 122 valence electrons. The van der Waals surface area contributed by atoms with Crippen LogP contribution in [0.4, 0.5) is 15.8 Å². The number of nitrogens with one attached hydrogen (secondary N) is 2. The number of aromatic hydroxyl groups is 1. The third-order valence-electron chi connectivity index (χ3n) is 3.30. The van der Waals surface area contributed by atoms with E-state index in [4.69, 9.17) is 17.0 Å². The van der Waals surface area contributed by atoms with Crippen molar-refractivity contribution < 1.29 is 14.2 Å². The minimum absolute atomic E-state index is 0.0738. The number of para-hydroxylation sites is 2. The Kier molecular flexibility index (Phi) is 4.39. The number of nitrogens with zero attached hydrogens (tertiary/aromatic N) is 2. The number of benzene rings is 2. The fourth-order valence-electron chi connectivity index (χ4n) is 2.22. The maximum absolute atomic E-state index is 13.4. The minimum Gasteiger partial charge on any atom is -0.495 e. The van der Waals surface area contributed by atoms with Crippen LogP contribution in [0.3, 0.4) is 0 Å². The van der Waals surface area contributed by atoms with Gasteiger partial charge in [0.15, 0.2) is 5.69 Å². The van der Waals surface area contributed by atoms with Crippen LogP contribution in [0, 0.1) is 5.82 Å². The average Bonchev–Trinajstić information content (AvgIpc) is 2.88. The van der Waals surface area contributed by atoms with E-state index in [1.807, 2.05) is 12.1 Å². The molecule has 3 rings (SSSR count). The second kappa shape index (κ2) is 6.63. The summed E-state index contributed by atoms with van der Waals surface area (Å²) in [6.45, 7) is 0. The van der Waals surface area contributed by atoms with Crippen molar-refractivity contribution in [1.29, 1.82) is 0 Å². The van der Waals surface area contributed by atoms with E-state index in [2.05, 4.69) is 20.5 Å². The Morgan fingerprint density at radius 3 is 2.88 bits per heavy atom. The van der Waals surface area contributed by atoms with Crippen LogP contribution >= 0.6 is 12.2 Å². The molecule has 2 aromatic carbocycles. The summed E-state index contributed by atoms with van der Waals surface area (Å²) in [5.41, 5.74) is 1.30. The van der Waals surface area contributed by atoms with Crippen LogP contribution in [-0.2, 0) is 0 Å². The molecule has 3 N–H and O–H groups in total. The molecule has 0 aliphatic heterocycles. The predicted molar refractivity (Wildman–Crippen MR) is 93.7 cm³/mol. The molecule has 0 aliphatic carbocycles. The van der Waals surface area contributed by atoms with Crippen molar-refractivity contribution in [3.05, 3.63) is 48.3 Å². The summed E-state index contributed by atoms with van der Waals surface area (Å²) in [4.78, 5) is 2.70. The molecule has 0 fully saturated rings. The van der Waals surface area contributed by atoms with E-state index in [1.54, 1.807) is 19.2 Å². The highest BCUT2D eigenvalue weighted by atomic mass is 32.1. The fourth-order valence-corrected chi connectivity index (χ4v) is 2.37. The third kappa shape index (κ3) is 3.18. The Morgan fingerprint density at radius 1 is 1.29 bits per heavy atom. The van der Waals surface area contributed by atoms with Gasteiger partial charge in [-0.3, -0.25) is 0 Å². The van der Waals surface area contributed by atoms with Gasteiger partial charge >= 0.3 is 0 Å². The number of halogens is 1. The Labute approximate surface area is 142 Å². The molecule has 0 amide bonds. The molecule has 0 spiro atoms. The zero-order chi connectivity index (χ0) is 17.1. The molecular weight excluding hydrogens is 331 g/mol.